The second-order valence-electron chi connectivity index (χ2n) is 4.71. The fraction of sp³-hybridized carbons (Fsp3) is 0.846. The van der Waals surface area contributed by atoms with Crippen LogP contribution in [0.2, 0.25) is 0 Å². The molecule has 5 heteroatoms. The van der Waals surface area contributed by atoms with E-state index in [1.54, 1.807) is 0 Å². The molecule has 0 aromatic heterocycles. The monoisotopic (exact) mass is 258 g/mol. The Morgan fingerprint density at radius 1 is 1.22 bits per heavy atom. The Balaban J connectivity index is 3.37. The number of nitrogens with one attached hydrogen (secondary N) is 2. The van der Waals surface area contributed by atoms with E-state index in [2.05, 4.69) is 17.6 Å². The van der Waals surface area contributed by atoms with E-state index >= 15 is 0 Å². The highest BCUT2D eigenvalue weighted by Crippen LogP contribution is 2.08. The molecular formula is C13H26N2O3. The number of carbonyl (C=O) groups excluding carboxylic acids is 1. The zero-order valence-electron chi connectivity index (χ0n) is 11.5. The number of amides is 1. The maximum absolute atomic E-state index is 11.3. The zero-order chi connectivity index (χ0) is 13.8. The van der Waals surface area contributed by atoms with E-state index in [0.29, 0.717) is 18.9 Å². The van der Waals surface area contributed by atoms with Gasteiger partial charge in [0.1, 0.15) is 0 Å². The summed E-state index contributed by atoms with van der Waals surface area (Å²) < 4.78 is 0. The van der Waals surface area contributed by atoms with Gasteiger partial charge in [0, 0.05) is 13.0 Å². The topological polar surface area (TPSA) is 78.4 Å². The van der Waals surface area contributed by atoms with E-state index < -0.39 is 5.97 Å². The maximum Gasteiger partial charge on any atom is 0.303 e. The fourth-order valence-corrected chi connectivity index (χ4v) is 1.53. The summed E-state index contributed by atoms with van der Waals surface area (Å²) in [6.07, 6.45) is 3.90. The summed E-state index contributed by atoms with van der Waals surface area (Å²) in [5.74, 6) is -0.344. The molecule has 0 saturated carbocycles. The van der Waals surface area contributed by atoms with E-state index in [1.807, 2.05) is 6.92 Å². The van der Waals surface area contributed by atoms with Gasteiger partial charge in [0.05, 0.1) is 6.54 Å². The molecule has 0 aromatic rings. The van der Waals surface area contributed by atoms with Crippen molar-refractivity contribution in [1.29, 1.82) is 0 Å². The Bertz CT molecular complexity index is 244. The van der Waals surface area contributed by atoms with Crippen molar-refractivity contribution in [2.24, 2.45) is 5.92 Å². The van der Waals surface area contributed by atoms with Crippen LogP contribution in [0.4, 0.5) is 0 Å². The van der Waals surface area contributed by atoms with Crippen LogP contribution in [0.5, 0.6) is 0 Å². The van der Waals surface area contributed by atoms with Crippen LogP contribution in [0.3, 0.4) is 0 Å². The molecule has 106 valence electrons. The molecule has 0 fully saturated rings. The lowest BCUT2D eigenvalue weighted by Gasteiger charge is -2.10. The summed E-state index contributed by atoms with van der Waals surface area (Å²) in [7, 11) is 0. The number of unbranched alkanes of at least 4 members (excludes halogenated alkanes) is 1. The molecule has 1 amide bonds. The molecule has 0 aliphatic heterocycles. The van der Waals surface area contributed by atoms with Crippen LogP contribution in [-0.4, -0.2) is 36.6 Å². The molecule has 0 aromatic carbocycles. The smallest absolute Gasteiger partial charge is 0.303 e. The molecule has 0 saturated heterocycles. The molecule has 0 heterocycles. The van der Waals surface area contributed by atoms with Gasteiger partial charge in [-0.05, 0) is 31.7 Å². The second kappa shape index (κ2) is 11.0. The van der Waals surface area contributed by atoms with Crippen molar-refractivity contribution < 1.29 is 14.7 Å². The van der Waals surface area contributed by atoms with Crippen molar-refractivity contribution in [3.8, 4) is 0 Å². The first kappa shape index (κ1) is 16.9. The van der Waals surface area contributed by atoms with Gasteiger partial charge in [-0.15, -0.1) is 0 Å². The zero-order valence-corrected chi connectivity index (χ0v) is 11.5. The maximum atomic E-state index is 11.3. The van der Waals surface area contributed by atoms with Crippen molar-refractivity contribution in [2.75, 3.05) is 19.6 Å². The Kier molecular flexibility index (Phi) is 10.3. The van der Waals surface area contributed by atoms with Crippen molar-refractivity contribution in [3.05, 3.63) is 0 Å². The predicted octanol–water partition coefficient (Wildman–Crippen LogP) is 1.38. The minimum Gasteiger partial charge on any atom is -0.481 e. The molecule has 0 aliphatic rings. The highest BCUT2D eigenvalue weighted by atomic mass is 16.4. The SMILES string of the molecule is CCCCNC(=O)CNCCC(C)CCC(=O)O. The third-order valence-electron chi connectivity index (χ3n) is 2.80. The average Bonchev–Trinajstić information content (AvgIpc) is 2.32. The van der Waals surface area contributed by atoms with Crippen LogP contribution < -0.4 is 10.6 Å². The molecule has 3 N–H and O–H groups in total. The third kappa shape index (κ3) is 11.4. The van der Waals surface area contributed by atoms with Gasteiger partial charge in [-0.2, -0.15) is 0 Å². The number of carboxylic acids is 1. The van der Waals surface area contributed by atoms with Gasteiger partial charge >= 0.3 is 5.97 Å². The minimum absolute atomic E-state index is 0.0293. The van der Waals surface area contributed by atoms with Gasteiger partial charge in [0.2, 0.25) is 5.91 Å². The predicted molar refractivity (Wildman–Crippen MR) is 71.4 cm³/mol. The largest absolute Gasteiger partial charge is 0.481 e. The molecule has 0 rings (SSSR count). The number of carboxylic acid groups (broad SMARTS) is 1. The summed E-state index contributed by atoms with van der Waals surface area (Å²) in [6, 6.07) is 0. The fourth-order valence-electron chi connectivity index (χ4n) is 1.53. The van der Waals surface area contributed by atoms with E-state index in [0.717, 1.165) is 32.4 Å². The number of aliphatic carboxylic acids is 1. The highest BCUT2D eigenvalue weighted by Gasteiger charge is 2.05. The first-order valence-corrected chi connectivity index (χ1v) is 6.75. The molecular weight excluding hydrogens is 232 g/mol. The van der Waals surface area contributed by atoms with Gasteiger partial charge in [-0.1, -0.05) is 20.3 Å². The quantitative estimate of drug-likeness (QED) is 0.489. The van der Waals surface area contributed by atoms with Gasteiger partial charge < -0.3 is 15.7 Å². The lowest BCUT2D eigenvalue weighted by atomic mass is 10.0. The van der Waals surface area contributed by atoms with Gasteiger partial charge in [-0.3, -0.25) is 9.59 Å². The summed E-state index contributed by atoms with van der Waals surface area (Å²) >= 11 is 0. The second-order valence-corrected chi connectivity index (χ2v) is 4.71. The lowest BCUT2D eigenvalue weighted by Crippen LogP contribution is -2.35. The van der Waals surface area contributed by atoms with Crippen molar-refractivity contribution in [2.45, 2.75) is 46.0 Å². The minimum atomic E-state index is -0.745. The molecule has 18 heavy (non-hydrogen) atoms. The van der Waals surface area contributed by atoms with Crippen molar-refractivity contribution in [1.82, 2.24) is 10.6 Å². The number of carbonyl (C=O) groups is 2. The Hall–Kier alpha value is -1.10. The molecule has 0 aliphatic carbocycles. The third-order valence-corrected chi connectivity index (χ3v) is 2.80. The van der Waals surface area contributed by atoms with E-state index in [1.165, 1.54) is 0 Å². The van der Waals surface area contributed by atoms with Crippen LogP contribution in [0.1, 0.15) is 46.0 Å². The van der Waals surface area contributed by atoms with Gasteiger partial charge in [0.15, 0.2) is 0 Å². The summed E-state index contributed by atoms with van der Waals surface area (Å²) in [4.78, 5) is 21.7. The van der Waals surface area contributed by atoms with Gasteiger partial charge in [-0.25, -0.2) is 0 Å². The molecule has 5 nitrogen and oxygen atoms in total. The lowest BCUT2D eigenvalue weighted by molar-refractivity contribution is -0.137. The number of hydrogen-bond donors (Lipinski definition) is 3. The first-order valence-electron chi connectivity index (χ1n) is 6.75. The number of rotatable bonds is 11. The molecule has 0 spiro atoms. The first-order chi connectivity index (χ1) is 8.56. The van der Waals surface area contributed by atoms with Crippen LogP contribution >= 0.6 is 0 Å². The van der Waals surface area contributed by atoms with E-state index in [-0.39, 0.29) is 12.3 Å². The van der Waals surface area contributed by atoms with E-state index in [9.17, 15) is 9.59 Å². The van der Waals surface area contributed by atoms with Crippen LogP contribution in [-0.2, 0) is 9.59 Å². The Morgan fingerprint density at radius 3 is 2.56 bits per heavy atom. The highest BCUT2D eigenvalue weighted by molar-refractivity contribution is 5.77. The van der Waals surface area contributed by atoms with Crippen LogP contribution in [0.15, 0.2) is 0 Å². The van der Waals surface area contributed by atoms with Crippen molar-refractivity contribution in [3.63, 3.8) is 0 Å². The molecule has 1 atom stereocenters. The normalized spacial score (nSPS) is 12.1. The summed E-state index contributed by atoms with van der Waals surface area (Å²) in [5.41, 5.74) is 0. The van der Waals surface area contributed by atoms with Crippen LogP contribution in [0, 0.1) is 5.92 Å². The molecule has 0 radical (unpaired) electrons. The van der Waals surface area contributed by atoms with Crippen LogP contribution in [0.25, 0.3) is 0 Å². The molecule has 0 bridgehead atoms. The van der Waals surface area contributed by atoms with Gasteiger partial charge in [0.25, 0.3) is 0 Å². The summed E-state index contributed by atoms with van der Waals surface area (Å²) in [6.45, 7) is 5.96. The Morgan fingerprint density at radius 2 is 1.94 bits per heavy atom. The average molecular weight is 258 g/mol. The van der Waals surface area contributed by atoms with Crippen molar-refractivity contribution >= 4 is 11.9 Å². The standard InChI is InChI=1S/C13H26N2O3/c1-3-4-8-15-12(16)10-14-9-7-11(2)5-6-13(17)18/h11,14H,3-10H2,1-2H3,(H,15,16)(H,17,18). The molecule has 1 unspecified atom stereocenters. The summed E-state index contributed by atoms with van der Waals surface area (Å²) in [5, 5.41) is 14.4. The Labute approximate surface area is 109 Å². The number of hydrogen-bond acceptors (Lipinski definition) is 3. The van der Waals surface area contributed by atoms with E-state index in [4.69, 9.17) is 5.11 Å².